The smallest absolute Gasteiger partial charge is 0.264 e. The van der Waals surface area contributed by atoms with Crippen LogP contribution >= 0.6 is 0 Å². The van der Waals surface area contributed by atoms with E-state index in [1.807, 2.05) is 0 Å². The summed E-state index contributed by atoms with van der Waals surface area (Å²) >= 11 is 0. The number of nitrogens with one attached hydrogen (secondary N) is 3. The number of aromatic nitrogens is 2. The Morgan fingerprint density at radius 2 is 1.84 bits per heavy atom. The Morgan fingerprint density at radius 1 is 1.06 bits per heavy atom. The molecular weight excluding hydrogens is 430 g/mol. The molecule has 1 aliphatic rings. The van der Waals surface area contributed by atoms with Crippen LogP contribution in [0.2, 0.25) is 0 Å². The maximum Gasteiger partial charge on any atom is 0.264 e. The molecule has 9 nitrogen and oxygen atoms in total. The first-order valence-electron chi connectivity index (χ1n) is 9.97. The van der Waals surface area contributed by atoms with Crippen LogP contribution in [-0.2, 0) is 21.2 Å². The van der Waals surface area contributed by atoms with Crippen molar-refractivity contribution in [3.8, 4) is 0 Å². The fraction of sp³-hybridized carbons (Fsp3) is 0.182. The topological polar surface area (TPSA) is 130 Å². The molecule has 1 aromatic heterocycles. The molecular formula is C22H21N5O4S. The van der Waals surface area contributed by atoms with E-state index in [0.29, 0.717) is 29.8 Å². The summed E-state index contributed by atoms with van der Waals surface area (Å²) in [4.78, 5) is 32.3. The van der Waals surface area contributed by atoms with E-state index < -0.39 is 10.0 Å². The van der Waals surface area contributed by atoms with Crippen molar-refractivity contribution in [3.63, 3.8) is 0 Å². The van der Waals surface area contributed by atoms with Gasteiger partial charge < -0.3 is 10.6 Å². The Morgan fingerprint density at radius 3 is 2.59 bits per heavy atom. The van der Waals surface area contributed by atoms with Crippen LogP contribution in [0.5, 0.6) is 0 Å². The minimum Gasteiger partial charge on any atom is -0.326 e. The third-order valence-electron chi connectivity index (χ3n) is 4.93. The zero-order valence-corrected chi connectivity index (χ0v) is 18.1. The van der Waals surface area contributed by atoms with Crippen molar-refractivity contribution >= 4 is 39.2 Å². The Hall–Kier alpha value is -3.79. The second kappa shape index (κ2) is 8.75. The van der Waals surface area contributed by atoms with Gasteiger partial charge in [0.15, 0.2) is 0 Å². The Balaban J connectivity index is 1.46. The van der Waals surface area contributed by atoms with E-state index in [4.69, 9.17) is 0 Å². The maximum atomic E-state index is 12.7. The van der Waals surface area contributed by atoms with E-state index in [2.05, 4.69) is 25.3 Å². The number of anilines is 3. The molecule has 0 atom stereocenters. The number of amides is 2. The molecule has 0 unspecified atom stereocenters. The van der Waals surface area contributed by atoms with Gasteiger partial charge in [0.05, 0.1) is 4.90 Å². The number of nitrogens with zero attached hydrogens (tertiary/aromatic N) is 2. The normalized spacial score (nSPS) is 13.5. The zero-order valence-electron chi connectivity index (χ0n) is 17.3. The fourth-order valence-electron chi connectivity index (χ4n) is 3.31. The highest BCUT2D eigenvalue weighted by atomic mass is 32.2. The lowest BCUT2D eigenvalue weighted by Gasteiger charge is -2.11. The highest BCUT2D eigenvalue weighted by Crippen LogP contribution is 2.24. The monoisotopic (exact) mass is 451 g/mol. The van der Waals surface area contributed by atoms with E-state index in [9.17, 15) is 18.0 Å². The standard InChI is InChI=1S/C22H21N5O4S/c1-14-11-12-23-22(24-14)27-32(30,31)18-8-6-17(7-9-18)25-21(29)16-5-10-19-15(13-16)3-2-4-20(28)26-19/h5-13H,2-4H2,1H3,(H,25,29)(H,26,28)(H,23,24,27). The molecule has 4 rings (SSSR count). The second-order valence-electron chi connectivity index (χ2n) is 7.38. The van der Waals surface area contributed by atoms with E-state index >= 15 is 0 Å². The van der Waals surface area contributed by atoms with Crippen LogP contribution in [0.3, 0.4) is 0 Å². The molecule has 0 saturated carbocycles. The molecule has 1 aliphatic heterocycles. The quantitative estimate of drug-likeness (QED) is 0.546. The molecule has 0 fully saturated rings. The van der Waals surface area contributed by atoms with Crippen LogP contribution in [0.15, 0.2) is 59.6 Å². The predicted molar refractivity (Wildman–Crippen MR) is 120 cm³/mol. The van der Waals surface area contributed by atoms with Crippen LogP contribution in [-0.4, -0.2) is 30.2 Å². The van der Waals surface area contributed by atoms with Crippen molar-refractivity contribution in [2.24, 2.45) is 0 Å². The number of carbonyl (C=O) groups is 2. The van der Waals surface area contributed by atoms with Crippen LogP contribution in [0, 0.1) is 6.92 Å². The number of benzene rings is 2. The van der Waals surface area contributed by atoms with Gasteiger partial charge in [-0.15, -0.1) is 0 Å². The lowest BCUT2D eigenvalue weighted by Crippen LogP contribution is -2.16. The first-order chi connectivity index (χ1) is 15.3. The number of hydrogen-bond acceptors (Lipinski definition) is 6. The van der Waals surface area contributed by atoms with Gasteiger partial charge in [-0.2, -0.15) is 0 Å². The second-order valence-corrected chi connectivity index (χ2v) is 9.06. The lowest BCUT2D eigenvalue weighted by atomic mass is 10.0. The molecule has 3 N–H and O–H groups in total. The minimum atomic E-state index is -3.87. The van der Waals surface area contributed by atoms with E-state index in [-0.39, 0.29) is 22.7 Å². The molecule has 164 valence electrons. The van der Waals surface area contributed by atoms with Crippen molar-refractivity contribution < 1.29 is 18.0 Å². The molecule has 0 saturated heterocycles. The summed E-state index contributed by atoms with van der Waals surface area (Å²) in [5.74, 6) is -0.369. The third kappa shape index (κ3) is 4.92. The summed E-state index contributed by atoms with van der Waals surface area (Å²) in [5.41, 5.74) is 3.17. The molecule has 3 aromatic rings. The number of fused-ring (bicyclic) bond motifs is 1. The van der Waals surface area contributed by atoms with Gasteiger partial charge in [-0.25, -0.2) is 23.1 Å². The molecule has 2 amide bonds. The van der Waals surface area contributed by atoms with Crippen LogP contribution in [0.4, 0.5) is 17.3 Å². The average molecular weight is 452 g/mol. The number of aryl methyl sites for hydroxylation is 2. The van der Waals surface area contributed by atoms with Gasteiger partial charge in [0, 0.05) is 35.2 Å². The van der Waals surface area contributed by atoms with Crippen molar-refractivity contribution in [1.82, 2.24) is 9.97 Å². The van der Waals surface area contributed by atoms with Gasteiger partial charge in [-0.05, 0) is 73.9 Å². The molecule has 32 heavy (non-hydrogen) atoms. The van der Waals surface area contributed by atoms with E-state index in [0.717, 1.165) is 17.7 Å². The van der Waals surface area contributed by atoms with E-state index in [1.165, 1.54) is 30.5 Å². The Bertz CT molecular complexity index is 1290. The first-order valence-corrected chi connectivity index (χ1v) is 11.5. The summed E-state index contributed by atoms with van der Waals surface area (Å²) in [6.07, 6.45) is 3.35. The van der Waals surface area contributed by atoms with Crippen LogP contribution < -0.4 is 15.4 Å². The summed E-state index contributed by atoms with van der Waals surface area (Å²) in [6.45, 7) is 1.73. The molecule has 2 heterocycles. The van der Waals surface area contributed by atoms with Gasteiger partial charge in [0.2, 0.25) is 11.9 Å². The maximum absolute atomic E-state index is 12.7. The van der Waals surface area contributed by atoms with Crippen LogP contribution in [0.1, 0.15) is 34.5 Å². The summed E-state index contributed by atoms with van der Waals surface area (Å²) in [6, 6.07) is 12.6. The summed E-state index contributed by atoms with van der Waals surface area (Å²) in [5, 5.41) is 5.60. The number of hydrogen-bond donors (Lipinski definition) is 3. The Kier molecular flexibility index (Phi) is 5.87. The van der Waals surface area contributed by atoms with Gasteiger partial charge in [-0.1, -0.05) is 0 Å². The number of carbonyl (C=O) groups excluding carboxylic acids is 2. The fourth-order valence-corrected chi connectivity index (χ4v) is 4.26. The largest absolute Gasteiger partial charge is 0.326 e. The molecule has 10 heteroatoms. The summed E-state index contributed by atoms with van der Waals surface area (Å²) < 4.78 is 27.4. The van der Waals surface area contributed by atoms with Gasteiger partial charge in [0.25, 0.3) is 15.9 Å². The average Bonchev–Trinajstić information content (AvgIpc) is 2.93. The molecule has 0 spiro atoms. The van der Waals surface area contributed by atoms with Crippen molar-refractivity contribution in [2.75, 3.05) is 15.4 Å². The third-order valence-corrected chi connectivity index (χ3v) is 6.28. The van der Waals surface area contributed by atoms with Crippen molar-refractivity contribution in [3.05, 3.63) is 71.5 Å². The number of sulfonamides is 1. The molecule has 0 aliphatic carbocycles. The predicted octanol–water partition coefficient (Wildman–Crippen LogP) is 3.11. The SMILES string of the molecule is Cc1ccnc(NS(=O)(=O)c2ccc(NC(=O)c3ccc4c(c3)CCCC(=O)N4)cc2)n1. The van der Waals surface area contributed by atoms with Crippen molar-refractivity contribution in [2.45, 2.75) is 31.1 Å². The minimum absolute atomic E-state index is 0.0122. The molecule has 0 radical (unpaired) electrons. The molecule has 0 bridgehead atoms. The Labute approximate surface area is 185 Å². The number of rotatable bonds is 5. The molecule has 2 aromatic carbocycles. The van der Waals surface area contributed by atoms with E-state index in [1.54, 1.807) is 31.2 Å². The summed E-state index contributed by atoms with van der Waals surface area (Å²) in [7, 11) is -3.87. The highest BCUT2D eigenvalue weighted by Gasteiger charge is 2.17. The van der Waals surface area contributed by atoms with Crippen LogP contribution in [0.25, 0.3) is 0 Å². The van der Waals surface area contributed by atoms with Crippen molar-refractivity contribution in [1.29, 1.82) is 0 Å². The highest BCUT2D eigenvalue weighted by molar-refractivity contribution is 7.92. The van der Waals surface area contributed by atoms with Gasteiger partial charge in [-0.3, -0.25) is 9.59 Å². The first kappa shape index (κ1) is 21.4. The lowest BCUT2D eigenvalue weighted by molar-refractivity contribution is -0.116. The zero-order chi connectivity index (χ0) is 22.7. The van der Waals surface area contributed by atoms with Gasteiger partial charge in [0.1, 0.15) is 0 Å². The van der Waals surface area contributed by atoms with Gasteiger partial charge >= 0.3 is 0 Å².